The second kappa shape index (κ2) is 2.12. The smallest absolute Gasteiger partial charge is 0.150 e. The molecule has 52 valence electrons. The van der Waals surface area contributed by atoms with E-state index in [-0.39, 0.29) is 5.70 Å². The Hall–Kier alpha value is -0.940. The molecule has 5 heteroatoms. The third kappa shape index (κ3) is 1.06. The first-order chi connectivity index (χ1) is 4.22. The molecule has 0 spiro atoms. The summed E-state index contributed by atoms with van der Waals surface area (Å²) in [5, 5.41) is 14.3. The van der Waals surface area contributed by atoms with Gasteiger partial charge in [-0.3, -0.25) is 5.32 Å². The van der Waals surface area contributed by atoms with Crippen molar-refractivity contribution in [2.45, 2.75) is 6.23 Å². The number of nitrogens with two attached hydrogens (primary N) is 2. The summed E-state index contributed by atoms with van der Waals surface area (Å²) in [6.07, 6.45) is -0.800. The van der Waals surface area contributed by atoms with Crippen LogP contribution in [0.4, 0.5) is 0 Å². The van der Waals surface area contributed by atoms with Crippen molar-refractivity contribution in [2.24, 2.45) is 11.5 Å². The fraction of sp³-hybridized carbons (Fsp3) is 0.500. The fourth-order valence-corrected chi connectivity index (χ4v) is 0.602. The molecule has 0 saturated carbocycles. The van der Waals surface area contributed by atoms with Crippen LogP contribution < -0.4 is 22.1 Å². The van der Waals surface area contributed by atoms with Crippen LogP contribution in [0, 0.1) is 0 Å². The van der Waals surface area contributed by atoms with E-state index in [0.717, 1.165) is 0 Å². The van der Waals surface area contributed by atoms with Crippen molar-refractivity contribution in [3.05, 3.63) is 11.5 Å². The maximum Gasteiger partial charge on any atom is 0.150 e. The fourth-order valence-electron chi connectivity index (χ4n) is 0.602. The Labute approximate surface area is 52.7 Å². The molecule has 1 heterocycles. The molecule has 7 N–H and O–H groups in total. The lowest BCUT2D eigenvalue weighted by atomic mass is 10.3. The van der Waals surface area contributed by atoms with Crippen molar-refractivity contribution < 1.29 is 5.11 Å². The zero-order chi connectivity index (χ0) is 6.85. The zero-order valence-corrected chi connectivity index (χ0v) is 4.89. The van der Waals surface area contributed by atoms with Crippen LogP contribution in [0.5, 0.6) is 0 Å². The normalized spacial score (nSPS) is 27.9. The third-order valence-electron chi connectivity index (χ3n) is 1.18. The highest BCUT2D eigenvalue weighted by molar-refractivity contribution is 5.11. The van der Waals surface area contributed by atoms with Gasteiger partial charge in [-0.05, 0) is 0 Å². The molecule has 1 aliphatic rings. The van der Waals surface area contributed by atoms with E-state index in [1.165, 1.54) is 0 Å². The Morgan fingerprint density at radius 2 is 2.22 bits per heavy atom. The van der Waals surface area contributed by atoms with Crippen molar-refractivity contribution in [1.82, 2.24) is 10.6 Å². The number of aliphatic hydroxyl groups is 1. The van der Waals surface area contributed by atoms with Crippen LogP contribution in [0.1, 0.15) is 0 Å². The third-order valence-corrected chi connectivity index (χ3v) is 1.18. The molecule has 1 unspecified atom stereocenters. The van der Waals surface area contributed by atoms with E-state index in [4.69, 9.17) is 16.6 Å². The zero-order valence-electron chi connectivity index (χ0n) is 4.89. The minimum Gasteiger partial charge on any atom is -0.396 e. The van der Waals surface area contributed by atoms with E-state index in [2.05, 4.69) is 10.6 Å². The minimum atomic E-state index is -0.800. The van der Waals surface area contributed by atoms with Gasteiger partial charge in [-0.15, -0.1) is 0 Å². The van der Waals surface area contributed by atoms with Gasteiger partial charge in [-0.1, -0.05) is 0 Å². The summed E-state index contributed by atoms with van der Waals surface area (Å²) in [5.74, 6) is 0.348. The van der Waals surface area contributed by atoms with Gasteiger partial charge in [0.25, 0.3) is 0 Å². The van der Waals surface area contributed by atoms with Crippen LogP contribution in [0.2, 0.25) is 0 Å². The molecule has 5 nitrogen and oxygen atoms in total. The van der Waals surface area contributed by atoms with Crippen LogP contribution in [0.3, 0.4) is 0 Å². The van der Waals surface area contributed by atoms with Crippen LogP contribution in [-0.2, 0) is 0 Å². The first-order valence-electron chi connectivity index (χ1n) is 2.62. The van der Waals surface area contributed by atoms with Crippen molar-refractivity contribution in [2.75, 3.05) is 6.67 Å². The van der Waals surface area contributed by atoms with E-state index >= 15 is 0 Å². The molecule has 1 rings (SSSR count). The largest absolute Gasteiger partial charge is 0.396 e. The van der Waals surface area contributed by atoms with Gasteiger partial charge >= 0.3 is 0 Å². The van der Waals surface area contributed by atoms with Crippen LogP contribution >= 0.6 is 0 Å². The average molecular weight is 130 g/mol. The van der Waals surface area contributed by atoms with Gasteiger partial charge < -0.3 is 21.9 Å². The Kier molecular flexibility index (Phi) is 1.46. The van der Waals surface area contributed by atoms with Gasteiger partial charge in [-0.2, -0.15) is 0 Å². The molecule has 9 heavy (non-hydrogen) atoms. The molecular formula is C4H10N4O. The molecule has 1 aliphatic heterocycles. The van der Waals surface area contributed by atoms with Gasteiger partial charge in [0.2, 0.25) is 0 Å². The molecule has 0 bridgehead atoms. The molecule has 0 aromatic heterocycles. The molecule has 0 radical (unpaired) electrons. The number of nitrogens with one attached hydrogen (secondary N) is 2. The summed E-state index contributed by atoms with van der Waals surface area (Å²) in [5.41, 5.74) is 10.9. The number of aliphatic hydroxyl groups excluding tert-OH is 1. The summed E-state index contributed by atoms with van der Waals surface area (Å²) >= 11 is 0. The van der Waals surface area contributed by atoms with E-state index < -0.39 is 6.23 Å². The maximum absolute atomic E-state index is 8.93. The second-order valence-corrected chi connectivity index (χ2v) is 1.83. The van der Waals surface area contributed by atoms with E-state index in [9.17, 15) is 0 Å². The molecule has 1 atom stereocenters. The average Bonchev–Trinajstić information content (AvgIpc) is 1.83. The molecule has 0 aliphatic carbocycles. The Morgan fingerprint density at radius 1 is 1.56 bits per heavy atom. The molecule has 0 saturated heterocycles. The SMILES string of the molecule is NC1=C(N)C(O)NCN1. The lowest BCUT2D eigenvalue weighted by Gasteiger charge is -2.22. The van der Waals surface area contributed by atoms with Gasteiger partial charge in [0.1, 0.15) is 12.0 Å². The second-order valence-electron chi connectivity index (χ2n) is 1.83. The van der Waals surface area contributed by atoms with Crippen LogP contribution in [0.25, 0.3) is 0 Å². The van der Waals surface area contributed by atoms with E-state index in [1.807, 2.05) is 0 Å². The predicted molar refractivity (Wildman–Crippen MR) is 32.5 cm³/mol. The molecule has 0 aromatic carbocycles. The molecule has 0 amide bonds. The molecule has 0 fully saturated rings. The van der Waals surface area contributed by atoms with E-state index in [1.54, 1.807) is 0 Å². The first kappa shape index (κ1) is 6.18. The number of rotatable bonds is 0. The topological polar surface area (TPSA) is 96.3 Å². The number of hydrogen-bond acceptors (Lipinski definition) is 5. The highest BCUT2D eigenvalue weighted by Crippen LogP contribution is 1.95. The van der Waals surface area contributed by atoms with Crippen molar-refractivity contribution >= 4 is 0 Å². The van der Waals surface area contributed by atoms with Crippen molar-refractivity contribution in [1.29, 1.82) is 0 Å². The Balaban J connectivity index is 2.72. The molecular weight excluding hydrogens is 120 g/mol. The minimum absolute atomic E-state index is 0.251. The first-order valence-corrected chi connectivity index (χ1v) is 2.62. The highest BCUT2D eigenvalue weighted by atomic mass is 16.3. The standard InChI is InChI=1S/C4H10N4O/c5-2-3(6)7-1-8-4(2)9/h4,7-9H,1,5-6H2. The Morgan fingerprint density at radius 3 is 2.67 bits per heavy atom. The lowest BCUT2D eigenvalue weighted by molar-refractivity contribution is 0.158. The predicted octanol–water partition coefficient (Wildman–Crippen LogP) is -2.46. The summed E-state index contributed by atoms with van der Waals surface area (Å²) in [6, 6.07) is 0. The quantitative estimate of drug-likeness (QED) is 0.251. The maximum atomic E-state index is 8.93. The molecule has 0 aromatic rings. The van der Waals surface area contributed by atoms with Gasteiger partial charge in [0.15, 0.2) is 0 Å². The van der Waals surface area contributed by atoms with E-state index in [0.29, 0.717) is 12.5 Å². The van der Waals surface area contributed by atoms with Gasteiger partial charge in [-0.25, -0.2) is 0 Å². The van der Waals surface area contributed by atoms with Crippen LogP contribution in [-0.4, -0.2) is 18.0 Å². The Bertz CT molecular complexity index is 144. The van der Waals surface area contributed by atoms with Crippen molar-refractivity contribution in [3.63, 3.8) is 0 Å². The van der Waals surface area contributed by atoms with Gasteiger partial charge in [0.05, 0.1) is 12.4 Å². The highest BCUT2D eigenvalue weighted by Gasteiger charge is 2.13. The number of hydrogen-bond donors (Lipinski definition) is 5. The lowest BCUT2D eigenvalue weighted by Crippen LogP contribution is -2.48. The van der Waals surface area contributed by atoms with Crippen LogP contribution in [0.15, 0.2) is 11.5 Å². The summed E-state index contributed by atoms with van der Waals surface area (Å²) < 4.78 is 0. The summed E-state index contributed by atoms with van der Waals surface area (Å²) in [4.78, 5) is 0. The monoisotopic (exact) mass is 130 g/mol. The van der Waals surface area contributed by atoms with Crippen molar-refractivity contribution in [3.8, 4) is 0 Å². The summed E-state index contributed by atoms with van der Waals surface area (Å²) in [6.45, 7) is 0.452. The van der Waals surface area contributed by atoms with Gasteiger partial charge in [0, 0.05) is 0 Å². The summed E-state index contributed by atoms with van der Waals surface area (Å²) in [7, 11) is 0.